The Bertz CT molecular complexity index is 446. The zero-order chi connectivity index (χ0) is 12.0. The van der Waals surface area contributed by atoms with Gasteiger partial charge in [-0.25, -0.2) is 0 Å². The van der Waals surface area contributed by atoms with E-state index < -0.39 is 0 Å². The molecule has 2 fully saturated rings. The Hall–Kier alpha value is -0.570. The molecule has 92 valence electrons. The number of halogens is 1. The lowest BCUT2D eigenvalue weighted by molar-refractivity contribution is 0.0272. The molecule has 0 N–H and O–H groups in total. The van der Waals surface area contributed by atoms with Crippen LogP contribution >= 0.6 is 11.6 Å². The van der Waals surface area contributed by atoms with Gasteiger partial charge in [-0.1, -0.05) is 17.7 Å². The lowest BCUT2D eigenvalue weighted by atomic mass is 10.0. The minimum absolute atomic E-state index is 0.473. The highest BCUT2D eigenvalue weighted by molar-refractivity contribution is 6.31. The fraction of sp³-hybridized carbons (Fsp3) is 0.571. The third-order valence-corrected chi connectivity index (χ3v) is 4.38. The number of aryl methyl sites for hydroxylation is 1. The zero-order valence-electron chi connectivity index (χ0n) is 10.4. The largest absolute Gasteiger partial charge is 0.375 e. The van der Waals surface area contributed by atoms with E-state index in [-0.39, 0.29) is 0 Å². The zero-order valence-corrected chi connectivity index (χ0v) is 11.1. The van der Waals surface area contributed by atoms with Crippen LogP contribution in [0.25, 0.3) is 0 Å². The maximum Gasteiger partial charge on any atom is 0.0718 e. The van der Waals surface area contributed by atoms with Crippen LogP contribution in [-0.4, -0.2) is 30.2 Å². The molecule has 3 heteroatoms. The fourth-order valence-corrected chi connectivity index (χ4v) is 3.24. The number of hydrogen-bond donors (Lipinski definition) is 0. The highest BCUT2D eigenvalue weighted by atomic mass is 35.5. The summed E-state index contributed by atoms with van der Waals surface area (Å²) in [6, 6.07) is 4.92. The highest BCUT2D eigenvalue weighted by Gasteiger charge is 2.38. The quantitative estimate of drug-likeness (QED) is 0.801. The lowest BCUT2D eigenvalue weighted by Crippen LogP contribution is -2.36. The van der Waals surface area contributed by atoms with Crippen molar-refractivity contribution < 1.29 is 4.74 Å². The summed E-state index contributed by atoms with van der Waals surface area (Å²) in [7, 11) is 0. The van der Waals surface area contributed by atoms with Crippen molar-refractivity contribution in [2.75, 3.05) is 13.2 Å². The van der Waals surface area contributed by atoms with Crippen LogP contribution in [0.3, 0.4) is 0 Å². The Labute approximate surface area is 108 Å². The molecule has 2 atom stereocenters. The van der Waals surface area contributed by atoms with Gasteiger partial charge in [0.2, 0.25) is 0 Å². The molecule has 0 saturated carbocycles. The first-order chi connectivity index (χ1) is 8.13. The topological polar surface area (TPSA) is 12.5 Å². The third-order valence-electron chi connectivity index (χ3n) is 3.98. The maximum atomic E-state index is 6.24. The van der Waals surface area contributed by atoms with Gasteiger partial charge >= 0.3 is 0 Å². The number of nitrogens with zero attached hydrogens (tertiary/aromatic N) is 1. The van der Waals surface area contributed by atoms with E-state index in [0.29, 0.717) is 12.1 Å². The molecule has 2 heterocycles. The van der Waals surface area contributed by atoms with Gasteiger partial charge in [0.1, 0.15) is 0 Å². The molecule has 0 aliphatic carbocycles. The molecule has 2 nitrogen and oxygen atoms in total. The van der Waals surface area contributed by atoms with Crippen molar-refractivity contribution in [2.24, 2.45) is 0 Å². The average molecular weight is 252 g/mol. The number of morpholine rings is 1. The first kappa shape index (κ1) is 11.5. The molecular weight excluding hydrogens is 234 g/mol. The Kier molecular flexibility index (Phi) is 2.89. The third kappa shape index (κ3) is 2.10. The molecule has 1 aromatic rings. The van der Waals surface area contributed by atoms with Crippen LogP contribution in [0.2, 0.25) is 5.02 Å². The Morgan fingerprint density at radius 1 is 1.41 bits per heavy atom. The summed E-state index contributed by atoms with van der Waals surface area (Å²) < 4.78 is 5.63. The summed E-state index contributed by atoms with van der Waals surface area (Å²) in [6.07, 6.45) is 1.68. The van der Waals surface area contributed by atoms with Crippen LogP contribution in [0.5, 0.6) is 0 Å². The van der Waals surface area contributed by atoms with E-state index in [9.17, 15) is 0 Å². The molecule has 0 spiro atoms. The molecule has 2 aliphatic heterocycles. The highest BCUT2D eigenvalue weighted by Crippen LogP contribution is 2.31. The van der Waals surface area contributed by atoms with E-state index in [4.69, 9.17) is 16.3 Å². The molecular formula is C14H18ClNO. The molecule has 1 aromatic carbocycles. The second-order valence-corrected chi connectivity index (χ2v) is 5.71. The van der Waals surface area contributed by atoms with Crippen molar-refractivity contribution in [3.63, 3.8) is 0 Å². The predicted octanol–water partition coefficient (Wildman–Crippen LogP) is 2.93. The van der Waals surface area contributed by atoms with E-state index in [0.717, 1.165) is 24.7 Å². The molecule has 2 bridgehead atoms. The van der Waals surface area contributed by atoms with Gasteiger partial charge in [-0.05, 0) is 43.0 Å². The second kappa shape index (κ2) is 4.27. The van der Waals surface area contributed by atoms with Crippen LogP contribution in [0.15, 0.2) is 12.1 Å². The number of benzene rings is 1. The maximum absolute atomic E-state index is 6.24. The summed E-state index contributed by atoms with van der Waals surface area (Å²) in [5.74, 6) is 0. The molecule has 17 heavy (non-hydrogen) atoms. The number of likely N-dealkylation sites (tertiary alicyclic amines) is 1. The van der Waals surface area contributed by atoms with Crippen molar-refractivity contribution in [2.45, 2.75) is 39.0 Å². The summed E-state index contributed by atoms with van der Waals surface area (Å²) in [6.45, 7) is 7.21. The average Bonchev–Trinajstić information content (AvgIpc) is 2.87. The summed E-state index contributed by atoms with van der Waals surface area (Å²) in [5.41, 5.74) is 3.83. The van der Waals surface area contributed by atoms with Gasteiger partial charge in [-0.15, -0.1) is 0 Å². The van der Waals surface area contributed by atoms with Crippen LogP contribution in [0, 0.1) is 13.8 Å². The van der Waals surface area contributed by atoms with Crippen molar-refractivity contribution in [3.05, 3.63) is 33.8 Å². The van der Waals surface area contributed by atoms with E-state index in [1.165, 1.54) is 23.1 Å². The molecule has 0 amide bonds. The molecule has 2 saturated heterocycles. The normalized spacial score (nSPS) is 27.9. The van der Waals surface area contributed by atoms with Gasteiger partial charge in [-0.3, -0.25) is 4.90 Å². The standard InChI is InChI=1S/C14H18ClNO/c1-9-3-11(10(2)14(15)4-9)6-16-7-13-5-12(16)8-17-13/h3-4,12-13H,5-8H2,1-2H3. The lowest BCUT2D eigenvalue weighted by Gasteiger charge is -2.27. The van der Waals surface area contributed by atoms with Crippen molar-refractivity contribution in [3.8, 4) is 0 Å². The van der Waals surface area contributed by atoms with Crippen LogP contribution < -0.4 is 0 Å². The first-order valence-corrected chi connectivity index (χ1v) is 6.62. The van der Waals surface area contributed by atoms with Crippen LogP contribution in [0.1, 0.15) is 23.1 Å². The van der Waals surface area contributed by atoms with Crippen LogP contribution in [0.4, 0.5) is 0 Å². The first-order valence-electron chi connectivity index (χ1n) is 6.25. The molecule has 3 rings (SSSR count). The van der Waals surface area contributed by atoms with Gasteiger partial charge in [0.05, 0.1) is 12.7 Å². The van der Waals surface area contributed by atoms with E-state index in [1.807, 2.05) is 6.07 Å². The van der Waals surface area contributed by atoms with Gasteiger partial charge in [0.15, 0.2) is 0 Å². The minimum Gasteiger partial charge on any atom is -0.375 e. The summed E-state index contributed by atoms with van der Waals surface area (Å²) in [5, 5.41) is 0.889. The molecule has 2 unspecified atom stereocenters. The van der Waals surface area contributed by atoms with Gasteiger partial charge in [-0.2, -0.15) is 0 Å². The van der Waals surface area contributed by atoms with E-state index in [1.54, 1.807) is 0 Å². The number of fused-ring (bicyclic) bond motifs is 2. The van der Waals surface area contributed by atoms with Crippen molar-refractivity contribution in [1.82, 2.24) is 4.90 Å². The Morgan fingerprint density at radius 3 is 2.88 bits per heavy atom. The van der Waals surface area contributed by atoms with Crippen molar-refractivity contribution in [1.29, 1.82) is 0 Å². The fourth-order valence-electron chi connectivity index (χ4n) is 2.94. The van der Waals surface area contributed by atoms with Gasteiger partial charge < -0.3 is 4.74 Å². The van der Waals surface area contributed by atoms with Gasteiger partial charge in [0, 0.05) is 24.2 Å². The number of rotatable bonds is 2. The number of hydrogen-bond acceptors (Lipinski definition) is 2. The van der Waals surface area contributed by atoms with E-state index in [2.05, 4.69) is 24.8 Å². The molecule has 0 aromatic heterocycles. The van der Waals surface area contributed by atoms with Crippen LogP contribution in [-0.2, 0) is 11.3 Å². The smallest absolute Gasteiger partial charge is 0.0718 e. The second-order valence-electron chi connectivity index (χ2n) is 5.31. The predicted molar refractivity (Wildman–Crippen MR) is 69.5 cm³/mol. The monoisotopic (exact) mass is 251 g/mol. The van der Waals surface area contributed by atoms with Crippen molar-refractivity contribution >= 4 is 11.6 Å². The SMILES string of the molecule is Cc1cc(Cl)c(C)c(CN2CC3CC2CO3)c1. The minimum atomic E-state index is 0.473. The summed E-state index contributed by atoms with van der Waals surface area (Å²) >= 11 is 6.24. The molecule has 0 radical (unpaired) electrons. The van der Waals surface area contributed by atoms with E-state index >= 15 is 0 Å². The van der Waals surface area contributed by atoms with Gasteiger partial charge in [0.25, 0.3) is 0 Å². The Morgan fingerprint density at radius 2 is 2.24 bits per heavy atom. The number of ether oxygens (including phenoxy) is 1. The molecule has 2 aliphatic rings. The Balaban J connectivity index is 1.81. The summed E-state index contributed by atoms with van der Waals surface area (Å²) in [4.78, 5) is 2.53.